The molecule has 1 heterocycles. The summed E-state index contributed by atoms with van der Waals surface area (Å²) in [5.41, 5.74) is 0.166. The highest BCUT2D eigenvalue weighted by atomic mass is 32.1. The summed E-state index contributed by atoms with van der Waals surface area (Å²) in [6.45, 7) is 10.0. The highest BCUT2D eigenvalue weighted by molar-refractivity contribution is 7.80. The van der Waals surface area contributed by atoms with Gasteiger partial charge in [0.1, 0.15) is 0 Å². The van der Waals surface area contributed by atoms with Gasteiger partial charge in [0, 0.05) is 18.1 Å². The molecule has 3 heteroatoms. The highest BCUT2D eigenvalue weighted by Crippen LogP contribution is 2.22. The molecule has 0 aromatic carbocycles. The molecule has 82 valence electrons. The summed E-state index contributed by atoms with van der Waals surface area (Å²) in [4.78, 5) is 2.32. The fourth-order valence-electron chi connectivity index (χ4n) is 2.11. The van der Waals surface area contributed by atoms with Crippen LogP contribution in [-0.4, -0.2) is 28.1 Å². The summed E-state index contributed by atoms with van der Waals surface area (Å²) in [6.07, 6.45) is 3.62. The van der Waals surface area contributed by atoms with E-state index in [2.05, 4.69) is 37.9 Å². The number of nitrogens with zero attached hydrogens (tertiary/aromatic N) is 1. The van der Waals surface area contributed by atoms with Crippen LogP contribution in [0.5, 0.6) is 0 Å². The highest BCUT2D eigenvalue weighted by Gasteiger charge is 2.32. The van der Waals surface area contributed by atoms with Gasteiger partial charge in [0.15, 0.2) is 5.11 Å². The molecule has 0 spiro atoms. The lowest BCUT2D eigenvalue weighted by Crippen LogP contribution is -2.60. The SMILES string of the molecule is CCCCN1C(=S)NC(C)(C)CC1C. The van der Waals surface area contributed by atoms with Crippen LogP contribution in [0.15, 0.2) is 0 Å². The van der Waals surface area contributed by atoms with Gasteiger partial charge in [-0.2, -0.15) is 0 Å². The molecule has 0 aromatic heterocycles. The van der Waals surface area contributed by atoms with Gasteiger partial charge in [0.2, 0.25) is 0 Å². The van der Waals surface area contributed by atoms with E-state index in [1.165, 1.54) is 12.8 Å². The van der Waals surface area contributed by atoms with Crippen molar-refractivity contribution >= 4 is 17.3 Å². The average molecular weight is 214 g/mol. The molecule has 0 aliphatic carbocycles. The number of rotatable bonds is 3. The number of hydrogen-bond acceptors (Lipinski definition) is 1. The van der Waals surface area contributed by atoms with Crippen molar-refractivity contribution in [2.75, 3.05) is 6.54 Å². The molecule has 1 saturated heterocycles. The van der Waals surface area contributed by atoms with Gasteiger partial charge < -0.3 is 10.2 Å². The van der Waals surface area contributed by atoms with E-state index in [9.17, 15) is 0 Å². The van der Waals surface area contributed by atoms with Gasteiger partial charge in [-0.25, -0.2) is 0 Å². The fraction of sp³-hybridized carbons (Fsp3) is 0.909. The maximum atomic E-state index is 5.38. The van der Waals surface area contributed by atoms with E-state index < -0.39 is 0 Å². The third-order valence-corrected chi connectivity index (χ3v) is 3.13. The molecule has 1 aliphatic rings. The summed E-state index contributed by atoms with van der Waals surface area (Å²) < 4.78 is 0. The maximum Gasteiger partial charge on any atom is 0.169 e. The second-order valence-electron chi connectivity index (χ2n) is 4.91. The molecule has 2 nitrogen and oxygen atoms in total. The number of unbranched alkanes of at least 4 members (excludes halogenated alkanes) is 1. The molecule has 1 N–H and O–H groups in total. The molecular formula is C11H22N2S. The summed E-state index contributed by atoms with van der Waals surface area (Å²) in [5.74, 6) is 0. The molecule has 14 heavy (non-hydrogen) atoms. The summed E-state index contributed by atoms with van der Waals surface area (Å²) in [7, 11) is 0. The van der Waals surface area contributed by atoms with Crippen LogP contribution in [-0.2, 0) is 0 Å². The first-order valence-corrected chi connectivity index (χ1v) is 5.96. The molecule has 1 rings (SSSR count). The monoisotopic (exact) mass is 214 g/mol. The van der Waals surface area contributed by atoms with Gasteiger partial charge in [-0.15, -0.1) is 0 Å². The first kappa shape index (κ1) is 11.8. The minimum Gasteiger partial charge on any atom is -0.358 e. The van der Waals surface area contributed by atoms with Crippen molar-refractivity contribution in [3.05, 3.63) is 0 Å². The Morgan fingerprint density at radius 1 is 1.57 bits per heavy atom. The minimum atomic E-state index is 0.166. The van der Waals surface area contributed by atoms with Crippen molar-refractivity contribution < 1.29 is 0 Å². The van der Waals surface area contributed by atoms with Crippen LogP contribution in [0.1, 0.15) is 47.0 Å². The lowest BCUT2D eigenvalue weighted by molar-refractivity contribution is 0.211. The lowest BCUT2D eigenvalue weighted by Gasteiger charge is -2.44. The lowest BCUT2D eigenvalue weighted by atomic mass is 9.93. The van der Waals surface area contributed by atoms with Gasteiger partial charge >= 0.3 is 0 Å². The Labute approximate surface area is 93.1 Å². The van der Waals surface area contributed by atoms with E-state index in [4.69, 9.17) is 12.2 Å². The molecule has 0 radical (unpaired) electrons. The third-order valence-electron chi connectivity index (χ3n) is 2.80. The zero-order valence-corrected chi connectivity index (χ0v) is 10.6. The Bertz CT molecular complexity index is 213. The van der Waals surface area contributed by atoms with E-state index >= 15 is 0 Å². The molecule has 1 fully saturated rings. The van der Waals surface area contributed by atoms with E-state index in [-0.39, 0.29) is 5.54 Å². The van der Waals surface area contributed by atoms with Crippen LogP contribution in [0.3, 0.4) is 0 Å². The molecule has 0 saturated carbocycles. The fourth-order valence-corrected chi connectivity index (χ4v) is 2.66. The predicted octanol–water partition coefficient (Wildman–Crippen LogP) is 2.53. The Morgan fingerprint density at radius 2 is 2.21 bits per heavy atom. The molecule has 0 aromatic rings. The normalized spacial score (nSPS) is 26.1. The van der Waals surface area contributed by atoms with Gasteiger partial charge in [0.25, 0.3) is 0 Å². The average Bonchev–Trinajstić information content (AvgIpc) is 2.00. The molecule has 1 aliphatic heterocycles. The molecular weight excluding hydrogens is 192 g/mol. The van der Waals surface area contributed by atoms with Crippen LogP contribution < -0.4 is 5.32 Å². The van der Waals surface area contributed by atoms with Crippen molar-refractivity contribution in [1.29, 1.82) is 0 Å². The second-order valence-corrected chi connectivity index (χ2v) is 5.30. The number of thiocarbonyl (C=S) groups is 1. The van der Waals surface area contributed by atoms with Gasteiger partial charge in [0.05, 0.1) is 0 Å². The maximum absolute atomic E-state index is 5.38. The van der Waals surface area contributed by atoms with E-state index in [1.807, 2.05) is 0 Å². The predicted molar refractivity (Wildman–Crippen MR) is 65.5 cm³/mol. The van der Waals surface area contributed by atoms with Crippen molar-refractivity contribution in [3.63, 3.8) is 0 Å². The largest absolute Gasteiger partial charge is 0.358 e. The second kappa shape index (κ2) is 4.47. The molecule has 0 bridgehead atoms. The van der Waals surface area contributed by atoms with E-state index in [0.717, 1.165) is 18.1 Å². The number of hydrogen-bond donors (Lipinski definition) is 1. The van der Waals surface area contributed by atoms with Crippen molar-refractivity contribution in [1.82, 2.24) is 10.2 Å². The van der Waals surface area contributed by atoms with E-state index in [1.54, 1.807) is 0 Å². The van der Waals surface area contributed by atoms with Crippen LogP contribution in [0.25, 0.3) is 0 Å². The summed E-state index contributed by atoms with van der Waals surface area (Å²) in [5, 5.41) is 4.33. The quantitative estimate of drug-likeness (QED) is 0.727. The van der Waals surface area contributed by atoms with Crippen molar-refractivity contribution in [3.8, 4) is 0 Å². The molecule has 1 unspecified atom stereocenters. The van der Waals surface area contributed by atoms with Crippen LogP contribution in [0, 0.1) is 0 Å². The Hall–Kier alpha value is -0.310. The molecule has 0 amide bonds. The Balaban J connectivity index is 2.57. The Kier molecular flexibility index (Phi) is 3.76. The Morgan fingerprint density at radius 3 is 2.71 bits per heavy atom. The zero-order valence-electron chi connectivity index (χ0n) is 9.76. The van der Waals surface area contributed by atoms with Crippen molar-refractivity contribution in [2.24, 2.45) is 0 Å². The van der Waals surface area contributed by atoms with Gasteiger partial charge in [-0.05, 0) is 45.8 Å². The smallest absolute Gasteiger partial charge is 0.169 e. The summed E-state index contributed by atoms with van der Waals surface area (Å²) in [6, 6.07) is 0.574. The van der Waals surface area contributed by atoms with Gasteiger partial charge in [-0.1, -0.05) is 13.3 Å². The first-order valence-electron chi connectivity index (χ1n) is 5.55. The van der Waals surface area contributed by atoms with Gasteiger partial charge in [-0.3, -0.25) is 0 Å². The van der Waals surface area contributed by atoms with Crippen LogP contribution in [0.2, 0.25) is 0 Å². The third kappa shape index (κ3) is 2.84. The van der Waals surface area contributed by atoms with Crippen molar-refractivity contribution in [2.45, 2.75) is 58.5 Å². The topological polar surface area (TPSA) is 15.3 Å². The standard InChI is InChI=1S/C11H22N2S/c1-5-6-7-13-9(2)8-11(3,4)12-10(13)14/h9H,5-8H2,1-4H3,(H,12,14). The van der Waals surface area contributed by atoms with E-state index in [0.29, 0.717) is 6.04 Å². The summed E-state index contributed by atoms with van der Waals surface area (Å²) >= 11 is 5.38. The minimum absolute atomic E-state index is 0.166. The van der Waals surface area contributed by atoms with Crippen LogP contribution >= 0.6 is 12.2 Å². The van der Waals surface area contributed by atoms with Crippen LogP contribution in [0.4, 0.5) is 0 Å². The number of nitrogens with one attached hydrogen (secondary N) is 1. The zero-order chi connectivity index (χ0) is 10.8. The molecule has 1 atom stereocenters. The first-order chi connectivity index (χ1) is 6.46.